The Morgan fingerprint density at radius 2 is 2.25 bits per heavy atom. The number of carbonyl (C=O) groups is 1. The summed E-state index contributed by atoms with van der Waals surface area (Å²) in [5.74, 6) is 1.64. The Hall–Kier alpha value is -0.370. The van der Waals surface area contributed by atoms with Gasteiger partial charge < -0.3 is 4.90 Å². The Balaban J connectivity index is 2.05. The van der Waals surface area contributed by atoms with Crippen molar-refractivity contribution in [3.63, 3.8) is 0 Å². The van der Waals surface area contributed by atoms with Gasteiger partial charge >= 0.3 is 0 Å². The predicted octanol–water partition coefficient (Wildman–Crippen LogP) is 1.31. The molecule has 2 atom stereocenters. The van der Waals surface area contributed by atoms with E-state index in [9.17, 15) is 4.79 Å². The molecule has 0 amide bonds. The van der Waals surface area contributed by atoms with Crippen molar-refractivity contribution in [1.29, 1.82) is 0 Å². The molecule has 2 nitrogen and oxygen atoms in total. The van der Waals surface area contributed by atoms with E-state index in [1.54, 1.807) is 0 Å². The maximum Gasteiger partial charge on any atom is 0.137 e. The molecule has 2 aliphatic rings. The molecule has 1 saturated carbocycles. The lowest BCUT2D eigenvalue weighted by Crippen LogP contribution is -2.43. The van der Waals surface area contributed by atoms with Crippen LogP contribution in [0.15, 0.2) is 0 Å². The number of fused-ring (bicyclic) bond motifs is 1. The molecular weight excluding hydrogens is 150 g/mol. The van der Waals surface area contributed by atoms with Crippen LogP contribution >= 0.6 is 0 Å². The summed E-state index contributed by atoms with van der Waals surface area (Å²) in [6.07, 6.45) is 4.52. The van der Waals surface area contributed by atoms with Crippen molar-refractivity contribution in [2.45, 2.75) is 25.7 Å². The van der Waals surface area contributed by atoms with Gasteiger partial charge in [-0.15, -0.1) is 0 Å². The molecule has 1 aliphatic heterocycles. The molecule has 0 spiro atoms. The van der Waals surface area contributed by atoms with Crippen molar-refractivity contribution in [2.24, 2.45) is 11.8 Å². The van der Waals surface area contributed by atoms with E-state index in [2.05, 4.69) is 11.9 Å². The third-order valence-corrected chi connectivity index (χ3v) is 3.37. The molecule has 0 aromatic rings. The molecule has 0 aromatic carbocycles. The lowest BCUT2D eigenvalue weighted by molar-refractivity contribution is -0.128. The van der Waals surface area contributed by atoms with Crippen molar-refractivity contribution in [2.75, 3.05) is 20.1 Å². The van der Waals surface area contributed by atoms with E-state index in [1.165, 1.54) is 19.4 Å². The number of carbonyl (C=O) groups excluding carboxylic acids is 1. The summed E-state index contributed by atoms with van der Waals surface area (Å²) in [5, 5.41) is 0. The van der Waals surface area contributed by atoms with Gasteiger partial charge in [0.15, 0.2) is 0 Å². The molecular formula is C10H17NO. The number of likely N-dealkylation sites (tertiary alicyclic amines) is 1. The van der Waals surface area contributed by atoms with Crippen LogP contribution in [0.1, 0.15) is 25.7 Å². The zero-order valence-electron chi connectivity index (χ0n) is 7.75. The highest BCUT2D eigenvalue weighted by atomic mass is 16.1. The molecule has 0 bridgehead atoms. The third-order valence-electron chi connectivity index (χ3n) is 3.37. The average molecular weight is 167 g/mol. The van der Waals surface area contributed by atoms with Crippen LogP contribution in [-0.2, 0) is 4.79 Å². The minimum atomic E-state index is 0.387. The van der Waals surface area contributed by atoms with E-state index in [-0.39, 0.29) is 0 Å². The summed E-state index contributed by atoms with van der Waals surface area (Å²) >= 11 is 0. The first-order chi connectivity index (χ1) is 5.77. The van der Waals surface area contributed by atoms with Crippen LogP contribution < -0.4 is 0 Å². The zero-order valence-corrected chi connectivity index (χ0v) is 7.75. The Morgan fingerprint density at radius 3 is 3.08 bits per heavy atom. The maximum absolute atomic E-state index is 11.5. The lowest BCUT2D eigenvalue weighted by atomic mass is 9.74. The van der Waals surface area contributed by atoms with Gasteiger partial charge in [-0.05, 0) is 38.8 Å². The van der Waals surface area contributed by atoms with E-state index in [0.717, 1.165) is 25.3 Å². The van der Waals surface area contributed by atoms with Gasteiger partial charge in [-0.1, -0.05) is 0 Å². The smallest absolute Gasteiger partial charge is 0.137 e. The Bertz CT molecular complexity index is 190. The number of nitrogens with zero attached hydrogens (tertiary/aromatic N) is 1. The molecule has 12 heavy (non-hydrogen) atoms. The van der Waals surface area contributed by atoms with Crippen LogP contribution in [0.4, 0.5) is 0 Å². The number of hydrogen-bond acceptors (Lipinski definition) is 2. The molecule has 2 heteroatoms. The first-order valence-corrected chi connectivity index (χ1v) is 4.98. The highest BCUT2D eigenvalue weighted by molar-refractivity contribution is 5.82. The summed E-state index contributed by atoms with van der Waals surface area (Å²) < 4.78 is 0. The summed E-state index contributed by atoms with van der Waals surface area (Å²) in [4.78, 5) is 13.8. The van der Waals surface area contributed by atoms with Crippen LogP contribution in [0.5, 0.6) is 0 Å². The van der Waals surface area contributed by atoms with Crippen LogP contribution in [0.25, 0.3) is 0 Å². The molecule has 1 aliphatic carbocycles. The molecule has 68 valence electrons. The lowest BCUT2D eigenvalue weighted by Gasteiger charge is -2.38. The Morgan fingerprint density at radius 1 is 1.42 bits per heavy atom. The minimum Gasteiger partial charge on any atom is -0.306 e. The molecule has 1 saturated heterocycles. The van der Waals surface area contributed by atoms with E-state index < -0.39 is 0 Å². The summed E-state index contributed by atoms with van der Waals surface area (Å²) in [6.45, 7) is 2.21. The van der Waals surface area contributed by atoms with Crippen LogP contribution in [0, 0.1) is 11.8 Å². The number of ketones is 1. The van der Waals surface area contributed by atoms with Crippen LogP contribution in [0.3, 0.4) is 0 Å². The Kier molecular flexibility index (Phi) is 2.18. The maximum atomic E-state index is 11.5. The van der Waals surface area contributed by atoms with Gasteiger partial charge in [0, 0.05) is 18.9 Å². The summed E-state index contributed by atoms with van der Waals surface area (Å²) in [6, 6.07) is 0. The quantitative estimate of drug-likeness (QED) is 0.542. The molecule has 0 N–H and O–H groups in total. The van der Waals surface area contributed by atoms with Gasteiger partial charge in [0.05, 0.1) is 0 Å². The van der Waals surface area contributed by atoms with Crippen molar-refractivity contribution >= 4 is 5.78 Å². The predicted molar refractivity (Wildman–Crippen MR) is 48.0 cm³/mol. The molecule has 0 unspecified atom stereocenters. The van der Waals surface area contributed by atoms with E-state index in [4.69, 9.17) is 0 Å². The highest BCUT2D eigenvalue weighted by Gasteiger charge is 2.34. The van der Waals surface area contributed by atoms with Crippen LogP contribution in [-0.4, -0.2) is 30.8 Å². The Labute approximate surface area is 73.9 Å². The van der Waals surface area contributed by atoms with Crippen molar-refractivity contribution < 1.29 is 4.79 Å². The number of hydrogen-bond donors (Lipinski definition) is 0. The van der Waals surface area contributed by atoms with E-state index >= 15 is 0 Å². The van der Waals surface area contributed by atoms with Gasteiger partial charge in [0.1, 0.15) is 5.78 Å². The topological polar surface area (TPSA) is 20.3 Å². The fraction of sp³-hybridized carbons (Fsp3) is 0.900. The van der Waals surface area contributed by atoms with Gasteiger partial charge in [0.2, 0.25) is 0 Å². The highest BCUT2D eigenvalue weighted by Crippen LogP contribution is 2.33. The van der Waals surface area contributed by atoms with Crippen LogP contribution in [0.2, 0.25) is 0 Å². The number of Topliss-reactive ketones (excluding diaryl/α,β-unsaturated/α-hetero) is 1. The van der Waals surface area contributed by atoms with Gasteiger partial charge in [-0.2, -0.15) is 0 Å². The second kappa shape index (κ2) is 3.17. The summed E-state index contributed by atoms with van der Waals surface area (Å²) in [5.41, 5.74) is 0. The second-order valence-corrected chi connectivity index (χ2v) is 4.28. The van der Waals surface area contributed by atoms with Gasteiger partial charge in [-0.3, -0.25) is 4.79 Å². The van der Waals surface area contributed by atoms with E-state index in [0.29, 0.717) is 11.7 Å². The summed E-state index contributed by atoms with van der Waals surface area (Å²) in [7, 11) is 2.12. The average Bonchev–Trinajstić information content (AvgIpc) is 2.07. The van der Waals surface area contributed by atoms with Gasteiger partial charge in [-0.25, -0.2) is 0 Å². The first kappa shape index (κ1) is 8.24. The fourth-order valence-electron chi connectivity index (χ4n) is 2.60. The standard InChI is InChI=1S/C10H17NO/c1-11-6-5-8-3-2-4-10(12)9(8)7-11/h8-9H,2-7H2,1H3/t8-,9-/m0/s1. The molecule has 1 heterocycles. The monoisotopic (exact) mass is 167 g/mol. The first-order valence-electron chi connectivity index (χ1n) is 4.98. The molecule has 2 rings (SSSR count). The van der Waals surface area contributed by atoms with Crippen molar-refractivity contribution in [3.8, 4) is 0 Å². The zero-order chi connectivity index (χ0) is 8.55. The molecule has 0 aromatic heterocycles. The van der Waals surface area contributed by atoms with Crippen molar-refractivity contribution in [1.82, 2.24) is 4.90 Å². The number of piperidine rings is 1. The van der Waals surface area contributed by atoms with Crippen molar-refractivity contribution in [3.05, 3.63) is 0 Å². The second-order valence-electron chi connectivity index (χ2n) is 4.28. The minimum absolute atomic E-state index is 0.387. The third kappa shape index (κ3) is 1.40. The number of rotatable bonds is 0. The van der Waals surface area contributed by atoms with E-state index in [1.807, 2.05) is 0 Å². The normalized spacial score (nSPS) is 37.9. The largest absolute Gasteiger partial charge is 0.306 e. The van der Waals surface area contributed by atoms with Gasteiger partial charge in [0.25, 0.3) is 0 Å². The molecule has 2 fully saturated rings. The fourth-order valence-corrected chi connectivity index (χ4v) is 2.60. The molecule has 0 radical (unpaired) electrons. The SMILES string of the molecule is CN1CC[C@@H]2CCCC(=O)[C@H]2C1.